The molecular weight excluding hydrogens is 207 g/mol. The van der Waals surface area contributed by atoms with Gasteiger partial charge in [-0.1, -0.05) is 11.6 Å². The van der Waals surface area contributed by atoms with Crippen molar-refractivity contribution in [3.63, 3.8) is 0 Å². The van der Waals surface area contributed by atoms with E-state index in [1.165, 1.54) is 25.2 Å². The van der Waals surface area contributed by atoms with E-state index in [1.807, 2.05) is 0 Å². The summed E-state index contributed by atoms with van der Waals surface area (Å²) in [6, 6.07) is 4.06. The van der Waals surface area contributed by atoms with E-state index in [9.17, 15) is 4.39 Å². The minimum absolute atomic E-state index is 0.295. The quantitative estimate of drug-likeness (QED) is 0.599. The van der Waals surface area contributed by atoms with Crippen molar-refractivity contribution in [3.8, 4) is 0 Å². The van der Waals surface area contributed by atoms with Crippen molar-refractivity contribution in [1.29, 1.82) is 0 Å². The smallest absolute Gasteiger partial charge is 0.123 e. The van der Waals surface area contributed by atoms with Crippen molar-refractivity contribution >= 4 is 11.6 Å². The van der Waals surface area contributed by atoms with Crippen LogP contribution in [0.1, 0.15) is 5.56 Å². The third-order valence-corrected chi connectivity index (χ3v) is 2.29. The maximum atomic E-state index is 12.8. The van der Waals surface area contributed by atoms with Crippen molar-refractivity contribution in [2.24, 2.45) is 5.73 Å². The number of hydrogen-bond acceptors (Lipinski definition) is 3. The van der Waals surface area contributed by atoms with Crippen molar-refractivity contribution in [2.45, 2.75) is 12.6 Å². The highest BCUT2D eigenvalue weighted by Gasteiger charge is 2.10. The Balaban J connectivity index is 2.80. The minimum Gasteiger partial charge on any atom is -0.314 e. The molecule has 0 saturated heterocycles. The molecule has 0 aromatic heterocycles. The molecule has 0 amide bonds. The standard InChI is InChI=1S/C9H12ClFN2O/c1-13(14)9(12)5-6-4-7(11)2-3-8(6)10/h2-4,9,14H,5,12H2,1H3. The fourth-order valence-corrected chi connectivity index (χ4v) is 1.25. The highest BCUT2D eigenvalue weighted by molar-refractivity contribution is 6.31. The Labute approximate surface area is 86.8 Å². The monoisotopic (exact) mass is 218 g/mol. The van der Waals surface area contributed by atoms with Gasteiger partial charge < -0.3 is 10.9 Å². The van der Waals surface area contributed by atoms with Gasteiger partial charge in [-0.25, -0.2) is 4.39 Å². The van der Waals surface area contributed by atoms with E-state index < -0.39 is 6.17 Å². The number of nitrogens with two attached hydrogens (primary N) is 1. The SMILES string of the molecule is CN(O)C(N)Cc1cc(F)ccc1Cl. The molecule has 0 radical (unpaired) electrons. The van der Waals surface area contributed by atoms with Gasteiger partial charge in [0.25, 0.3) is 0 Å². The van der Waals surface area contributed by atoms with Gasteiger partial charge in [-0.15, -0.1) is 0 Å². The normalized spacial score (nSPS) is 13.3. The van der Waals surface area contributed by atoms with Crippen LogP contribution in [-0.4, -0.2) is 23.5 Å². The van der Waals surface area contributed by atoms with Crippen LogP contribution >= 0.6 is 11.6 Å². The second-order valence-electron chi connectivity index (χ2n) is 3.08. The maximum Gasteiger partial charge on any atom is 0.123 e. The van der Waals surface area contributed by atoms with Crippen molar-refractivity contribution in [3.05, 3.63) is 34.6 Å². The Morgan fingerprint density at radius 2 is 2.29 bits per heavy atom. The molecule has 1 rings (SSSR count). The zero-order valence-electron chi connectivity index (χ0n) is 7.74. The van der Waals surface area contributed by atoms with Gasteiger partial charge in [0, 0.05) is 18.5 Å². The summed E-state index contributed by atoms with van der Waals surface area (Å²) in [6.45, 7) is 0. The summed E-state index contributed by atoms with van der Waals surface area (Å²) in [4.78, 5) is 0. The largest absolute Gasteiger partial charge is 0.314 e. The molecule has 1 aromatic carbocycles. The summed E-state index contributed by atoms with van der Waals surface area (Å²) in [7, 11) is 1.43. The summed E-state index contributed by atoms with van der Waals surface area (Å²) in [5.41, 5.74) is 6.15. The Hall–Kier alpha value is -0.680. The van der Waals surface area contributed by atoms with Crippen LogP contribution in [0, 0.1) is 5.82 Å². The lowest BCUT2D eigenvalue weighted by Crippen LogP contribution is -2.38. The predicted molar refractivity (Wildman–Crippen MR) is 52.6 cm³/mol. The van der Waals surface area contributed by atoms with Gasteiger partial charge >= 0.3 is 0 Å². The average molecular weight is 219 g/mol. The van der Waals surface area contributed by atoms with Crippen LogP contribution in [0.3, 0.4) is 0 Å². The number of halogens is 2. The van der Waals surface area contributed by atoms with Crippen LogP contribution in [0.2, 0.25) is 5.02 Å². The second-order valence-corrected chi connectivity index (χ2v) is 3.49. The molecule has 0 spiro atoms. The third-order valence-electron chi connectivity index (χ3n) is 1.92. The molecule has 3 N–H and O–H groups in total. The van der Waals surface area contributed by atoms with Crippen LogP contribution in [-0.2, 0) is 6.42 Å². The molecule has 14 heavy (non-hydrogen) atoms. The fraction of sp³-hybridized carbons (Fsp3) is 0.333. The number of likely N-dealkylation sites (N-methyl/N-ethyl adjacent to an activating group) is 1. The van der Waals surface area contributed by atoms with Gasteiger partial charge in [0.15, 0.2) is 0 Å². The first kappa shape index (κ1) is 11.4. The molecule has 0 fully saturated rings. The molecule has 0 heterocycles. The average Bonchev–Trinajstić information content (AvgIpc) is 2.11. The Morgan fingerprint density at radius 3 is 2.86 bits per heavy atom. The Kier molecular flexibility index (Phi) is 3.83. The van der Waals surface area contributed by atoms with Crippen molar-refractivity contribution < 1.29 is 9.60 Å². The van der Waals surface area contributed by atoms with E-state index in [-0.39, 0.29) is 5.82 Å². The molecule has 0 aliphatic heterocycles. The van der Waals surface area contributed by atoms with E-state index in [1.54, 1.807) is 0 Å². The van der Waals surface area contributed by atoms with E-state index in [0.29, 0.717) is 17.0 Å². The molecule has 1 unspecified atom stereocenters. The van der Waals surface area contributed by atoms with Crippen molar-refractivity contribution in [2.75, 3.05) is 7.05 Å². The molecule has 1 aromatic rings. The molecular formula is C9H12ClFN2O. The lowest BCUT2D eigenvalue weighted by molar-refractivity contribution is -0.100. The summed E-state index contributed by atoms with van der Waals surface area (Å²) < 4.78 is 12.8. The molecule has 78 valence electrons. The maximum absolute atomic E-state index is 12.8. The zero-order valence-corrected chi connectivity index (χ0v) is 8.50. The van der Waals surface area contributed by atoms with Gasteiger partial charge in [-0.3, -0.25) is 0 Å². The summed E-state index contributed by atoms with van der Waals surface area (Å²) >= 11 is 5.82. The highest BCUT2D eigenvalue weighted by atomic mass is 35.5. The van der Waals surface area contributed by atoms with Crippen molar-refractivity contribution in [1.82, 2.24) is 5.06 Å². The molecule has 3 nitrogen and oxygen atoms in total. The Morgan fingerprint density at radius 1 is 1.64 bits per heavy atom. The van der Waals surface area contributed by atoms with Crippen LogP contribution in [0.25, 0.3) is 0 Å². The number of hydrogen-bond donors (Lipinski definition) is 2. The molecule has 1 atom stereocenters. The number of nitrogens with zero attached hydrogens (tertiary/aromatic N) is 1. The molecule has 0 saturated carbocycles. The first-order valence-corrected chi connectivity index (χ1v) is 4.49. The first-order chi connectivity index (χ1) is 6.50. The molecule has 0 bridgehead atoms. The Bertz CT molecular complexity index is 320. The fourth-order valence-electron chi connectivity index (χ4n) is 1.06. The predicted octanol–water partition coefficient (Wildman–Crippen LogP) is 1.63. The van der Waals surface area contributed by atoms with Crippen LogP contribution in [0.4, 0.5) is 4.39 Å². The van der Waals surface area contributed by atoms with E-state index in [0.717, 1.165) is 5.06 Å². The summed E-state index contributed by atoms with van der Waals surface area (Å²) in [5, 5.41) is 10.3. The highest BCUT2D eigenvalue weighted by Crippen LogP contribution is 2.18. The van der Waals surface area contributed by atoms with Gasteiger partial charge in [0.05, 0.1) is 6.17 Å². The molecule has 0 aliphatic carbocycles. The van der Waals surface area contributed by atoms with Crippen LogP contribution < -0.4 is 5.73 Å². The summed E-state index contributed by atoms with van der Waals surface area (Å²) in [5.74, 6) is -0.364. The number of hydroxylamine groups is 2. The third kappa shape index (κ3) is 2.92. The van der Waals surface area contributed by atoms with E-state index in [2.05, 4.69) is 0 Å². The zero-order chi connectivity index (χ0) is 10.7. The lowest BCUT2D eigenvalue weighted by Gasteiger charge is -2.18. The second kappa shape index (κ2) is 4.70. The molecule has 0 aliphatic rings. The van der Waals surface area contributed by atoms with Crippen LogP contribution in [0.15, 0.2) is 18.2 Å². The summed E-state index contributed by atoms with van der Waals surface area (Å²) in [6.07, 6.45) is -0.293. The van der Waals surface area contributed by atoms with E-state index >= 15 is 0 Å². The minimum atomic E-state index is -0.589. The lowest BCUT2D eigenvalue weighted by atomic mass is 10.1. The van der Waals surface area contributed by atoms with E-state index in [4.69, 9.17) is 22.5 Å². The van der Waals surface area contributed by atoms with Crippen LogP contribution in [0.5, 0.6) is 0 Å². The topological polar surface area (TPSA) is 49.5 Å². The van der Waals surface area contributed by atoms with Gasteiger partial charge in [-0.05, 0) is 23.8 Å². The number of benzene rings is 1. The number of rotatable bonds is 3. The first-order valence-electron chi connectivity index (χ1n) is 4.12. The van der Waals surface area contributed by atoms with Gasteiger partial charge in [0.1, 0.15) is 5.82 Å². The molecule has 5 heteroatoms. The van der Waals surface area contributed by atoms with Gasteiger partial charge in [-0.2, -0.15) is 5.06 Å². The van der Waals surface area contributed by atoms with Gasteiger partial charge in [0.2, 0.25) is 0 Å².